The number of nitrogens with two attached hydrogens (primary N) is 1. The zero-order valence-electron chi connectivity index (χ0n) is 16.9. The number of sulfonamides is 1. The summed E-state index contributed by atoms with van der Waals surface area (Å²) in [7, 11) is -3.22. The number of aromatic amines is 1. The number of primary amides is 1. The number of benzene rings is 1. The summed E-state index contributed by atoms with van der Waals surface area (Å²) in [6, 6.07) is 3.62. The molecule has 0 saturated carbocycles. The fraction of sp³-hybridized carbons (Fsp3) is 0.600. The van der Waals surface area contributed by atoms with E-state index in [1.165, 1.54) is 12.8 Å². The standard InChI is InChI=1S/C20H28BrN5O3S/c21-15-12-16-18(23-24-19(16)17(13-15)20(22)27)14-4-9-26(10-5-14)30(28,29)11-3-8-25-6-1-2-7-25/h12-14H,1-11H2,(H2,22,27)(H,23,24). The zero-order chi connectivity index (χ0) is 21.3. The third-order valence-electron chi connectivity index (χ3n) is 6.24. The summed E-state index contributed by atoms with van der Waals surface area (Å²) in [5.74, 6) is -0.148. The predicted molar refractivity (Wildman–Crippen MR) is 120 cm³/mol. The molecule has 0 unspecified atom stereocenters. The highest BCUT2D eigenvalue weighted by atomic mass is 79.9. The largest absolute Gasteiger partial charge is 0.366 e. The van der Waals surface area contributed by atoms with E-state index in [1.807, 2.05) is 6.07 Å². The molecule has 0 radical (unpaired) electrons. The van der Waals surface area contributed by atoms with Gasteiger partial charge >= 0.3 is 0 Å². The Labute approximate surface area is 185 Å². The molecule has 2 aliphatic rings. The molecule has 1 aromatic carbocycles. The highest BCUT2D eigenvalue weighted by molar-refractivity contribution is 9.10. The van der Waals surface area contributed by atoms with Crippen molar-refractivity contribution in [1.82, 2.24) is 19.4 Å². The van der Waals surface area contributed by atoms with E-state index < -0.39 is 15.9 Å². The first-order valence-corrected chi connectivity index (χ1v) is 12.9. The van der Waals surface area contributed by atoms with Gasteiger partial charge in [0.2, 0.25) is 10.0 Å². The normalized spacial score (nSPS) is 19.6. The number of amides is 1. The van der Waals surface area contributed by atoms with Crippen LogP contribution >= 0.6 is 15.9 Å². The third kappa shape index (κ3) is 4.56. The molecule has 3 N–H and O–H groups in total. The number of hydrogen-bond acceptors (Lipinski definition) is 5. The molecular weight excluding hydrogens is 470 g/mol. The van der Waals surface area contributed by atoms with Gasteiger partial charge in [0.25, 0.3) is 5.91 Å². The van der Waals surface area contributed by atoms with Gasteiger partial charge in [0.05, 0.1) is 22.5 Å². The highest BCUT2D eigenvalue weighted by Crippen LogP contribution is 2.34. The van der Waals surface area contributed by atoms with Crippen LogP contribution < -0.4 is 5.73 Å². The summed E-state index contributed by atoms with van der Waals surface area (Å²) < 4.78 is 27.9. The summed E-state index contributed by atoms with van der Waals surface area (Å²) in [6.45, 7) is 4.06. The Bertz CT molecular complexity index is 1020. The zero-order valence-corrected chi connectivity index (χ0v) is 19.3. The number of fused-ring (bicyclic) bond motifs is 1. The van der Waals surface area contributed by atoms with Crippen molar-refractivity contribution >= 4 is 42.8 Å². The van der Waals surface area contributed by atoms with Crippen molar-refractivity contribution in [2.24, 2.45) is 5.73 Å². The number of likely N-dealkylation sites (tertiary alicyclic amines) is 1. The van der Waals surface area contributed by atoms with Gasteiger partial charge in [-0.2, -0.15) is 5.10 Å². The monoisotopic (exact) mass is 497 g/mol. The molecule has 0 spiro atoms. The average Bonchev–Trinajstić information content (AvgIpc) is 3.37. The number of nitrogens with one attached hydrogen (secondary N) is 1. The molecular formula is C20H28BrN5O3S. The van der Waals surface area contributed by atoms with Gasteiger partial charge in [-0.15, -0.1) is 0 Å². The van der Waals surface area contributed by atoms with E-state index in [2.05, 4.69) is 31.0 Å². The summed E-state index contributed by atoms with van der Waals surface area (Å²) in [4.78, 5) is 14.1. The quantitative estimate of drug-likeness (QED) is 0.609. The van der Waals surface area contributed by atoms with Crippen molar-refractivity contribution in [1.29, 1.82) is 0 Å². The van der Waals surface area contributed by atoms with Gasteiger partial charge < -0.3 is 10.6 Å². The Morgan fingerprint density at radius 3 is 2.57 bits per heavy atom. The lowest BCUT2D eigenvalue weighted by Gasteiger charge is -2.30. The van der Waals surface area contributed by atoms with Crippen molar-refractivity contribution < 1.29 is 13.2 Å². The highest BCUT2D eigenvalue weighted by Gasteiger charge is 2.30. The Balaban J connectivity index is 1.40. The van der Waals surface area contributed by atoms with Gasteiger partial charge in [-0.25, -0.2) is 12.7 Å². The van der Waals surface area contributed by atoms with E-state index in [-0.39, 0.29) is 11.7 Å². The van der Waals surface area contributed by atoms with Gasteiger partial charge in [-0.1, -0.05) is 15.9 Å². The Morgan fingerprint density at radius 2 is 1.90 bits per heavy atom. The van der Waals surface area contributed by atoms with Gasteiger partial charge in [-0.3, -0.25) is 9.89 Å². The van der Waals surface area contributed by atoms with Crippen LogP contribution in [-0.4, -0.2) is 72.2 Å². The maximum atomic E-state index is 12.8. The van der Waals surface area contributed by atoms with E-state index in [4.69, 9.17) is 5.73 Å². The second-order valence-electron chi connectivity index (χ2n) is 8.24. The van der Waals surface area contributed by atoms with Crippen LogP contribution in [0.2, 0.25) is 0 Å². The van der Waals surface area contributed by atoms with Crippen molar-refractivity contribution in [3.05, 3.63) is 27.9 Å². The number of nitrogens with zero attached hydrogens (tertiary/aromatic N) is 3. The van der Waals surface area contributed by atoms with Crippen LogP contribution in [0.3, 0.4) is 0 Å². The molecule has 1 amide bonds. The molecule has 2 aliphatic heterocycles. The Morgan fingerprint density at radius 1 is 1.20 bits per heavy atom. The van der Waals surface area contributed by atoms with Gasteiger partial charge in [0, 0.05) is 28.9 Å². The lowest BCUT2D eigenvalue weighted by atomic mass is 9.92. The van der Waals surface area contributed by atoms with Crippen molar-refractivity contribution in [2.75, 3.05) is 38.5 Å². The van der Waals surface area contributed by atoms with E-state index in [0.29, 0.717) is 43.4 Å². The number of piperidine rings is 1. The molecule has 2 aromatic rings. The average molecular weight is 498 g/mol. The number of H-pyrrole nitrogens is 1. The first-order valence-electron chi connectivity index (χ1n) is 10.5. The summed E-state index contributed by atoms with van der Waals surface area (Å²) in [5, 5.41) is 8.27. The summed E-state index contributed by atoms with van der Waals surface area (Å²) in [6.07, 6.45) is 4.56. The van der Waals surface area contributed by atoms with Gasteiger partial charge in [0.1, 0.15) is 0 Å². The lowest BCUT2D eigenvalue weighted by molar-refractivity contribution is 0.100. The maximum Gasteiger partial charge on any atom is 0.250 e. The second kappa shape index (κ2) is 8.94. The predicted octanol–water partition coefficient (Wildman–Crippen LogP) is 2.42. The Kier molecular flexibility index (Phi) is 6.47. The van der Waals surface area contributed by atoms with Crippen LogP contribution in [0.15, 0.2) is 16.6 Å². The molecule has 2 fully saturated rings. The van der Waals surface area contributed by atoms with Gasteiger partial charge in [-0.05, 0) is 63.9 Å². The van der Waals surface area contributed by atoms with Crippen LogP contribution in [0.5, 0.6) is 0 Å². The van der Waals surface area contributed by atoms with E-state index >= 15 is 0 Å². The summed E-state index contributed by atoms with van der Waals surface area (Å²) in [5.41, 5.74) is 7.41. The molecule has 8 nitrogen and oxygen atoms in total. The number of carbonyl (C=O) groups excluding carboxylic acids is 1. The molecule has 10 heteroatoms. The topological polar surface area (TPSA) is 112 Å². The molecule has 0 aliphatic carbocycles. The molecule has 0 atom stereocenters. The van der Waals surface area contributed by atoms with Crippen molar-refractivity contribution in [3.63, 3.8) is 0 Å². The lowest BCUT2D eigenvalue weighted by Crippen LogP contribution is -2.39. The molecule has 4 rings (SSSR count). The van der Waals surface area contributed by atoms with Crippen molar-refractivity contribution in [2.45, 2.75) is 38.0 Å². The molecule has 30 heavy (non-hydrogen) atoms. The van der Waals surface area contributed by atoms with Crippen LogP contribution in [0.25, 0.3) is 10.9 Å². The summed E-state index contributed by atoms with van der Waals surface area (Å²) >= 11 is 3.44. The van der Waals surface area contributed by atoms with E-state index in [0.717, 1.165) is 35.2 Å². The minimum absolute atomic E-state index is 0.143. The minimum atomic E-state index is -3.22. The third-order valence-corrected chi connectivity index (χ3v) is 8.66. The van der Waals surface area contributed by atoms with E-state index in [1.54, 1.807) is 10.4 Å². The van der Waals surface area contributed by atoms with Crippen LogP contribution in [-0.2, 0) is 10.0 Å². The Hall–Kier alpha value is -1.49. The van der Waals surface area contributed by atoms with Crippen LogP contribution in [0.1, 0.15) is 54.1 Å². The number of carbonyl (C=O) groups is 1. The molecule has 1 aromatic heterocycles. The molecule has 0 bridgehead atoms. The van der Waals surface area contributed by atoms with Crippen molar-refractivity contribution in [3.8, 4) is 0 Å². The first-order chi connectivity index (χ1) is 14.3. The number of rotatable bonds is 7. The van der Waals surface area contributed by atoms with Crippen LogP contribution in [0.4, 0.5) is 0 Å². The van der Waals surface area contributed by atoms with Crippen LogP contribution in [0, 0.1) is 0 Å². The smallest absolute Gasteiger partial charge is 0.250 e. The molecule has 3 heterocycles. The fourth-order valence-corrected chi connectivity index (χ4v) is 6.60. The first kappa shape index (κ1) is 21.7. The minimum Gasteiger partial charge on any atom is -0.366 e. The SMILES string of the molecule is NC(=O)c1cc(Br)cc2c(C3CCN(S(=O)(=O)CCCN4CCCC4)CC3)n[nH]c12. The van der Waals surface area contributed by atoms with E-state index in [9.17, 15) is 13.2 Å². The number of hydrogen-bond donors (Lipinski definition) is 2. The molecule has 164 valence electrons. The fourth-order valence-electron chi connectivity index (χ4n) is 4.62. The number of halogens is 1. The molecule has 2 saturated heterocycles. The maximum absolute atomic E-state index is 12.8. The van der Waals surface area contributed by atoms with Gasteiger partial charge in [0.15, 0.2) is 0 Å². The second-order valence-corrected chi connectivity index (χ2v) is 11.2. The number of aromatic nitrogens is 2.